The van der Waals surface area contributed by atoms with Crippen LogP contribution < -0.4 is 5.84 Å². The average Bonchev–Trinajstić information content (AvgIpc) is 2.54. The highest BCUT2D eigenvalue weighted by Gasteiger charge is 2.21. The van der Waals surface area contributed by atoms with Crippen molar-refractivity contribution in [1.82, 2.24) is 5.01 Å². The number of hydrogen-bond acceptors (Lipinski definition) is 2. The molecule has 1 fully saturated rings. The monoisotopic (exact) mass is 176 g/mol. The van der Waals surface area contributed by atoms with Crippen molar-refractivity contribution in [2.75, 3.05) is 6.54 Å². The predicted molar refractivity (Wildman–Crippen MR) is 54.1 cm³/mol. The molecule has 0 aliphatic carbocycles. The summed E-state index contributed by atoms with van der Waals surface area (Å²) in [5.41, 5.74) is 1.39. The molecule has 0 unspecified atom stereocenters. The molecule has 1 heterocycles. The summed E-state index contributed by atoms with van der Waals surface area (Å²) < 4.78 is 0. The maximum Gasteiger partial charge on any atom is 0.0282 e. The molecule has 1 saturated heterocycles. The maximum atomic E-state index is 5.86. The topological polar surface area (TPSA) is 29.3 Å². The molecule has 70 valence electrons. The van der Waals surface area contributed by atoms with Gasteiger partial charge in [-0.3, -0.25) is 5.84 Å². The lowest BCUT2D eigenvalue weighted by Crippen LogP contribution is -2.37. The molecule has 13 heavy (non-hydrogen) atoms. The third-order valence-corrected chi connectivity index (χ3v) is 2.74. The van der Waals surface area contributed by atoms with Gasteiger partial charge in [0, 0.05) is 12.6 Å². The van der Waals surface area contributed by atoms with Gasteiger partial charge in [-0.25, -0.2) is 5.01 Å². The van der Waals surface area contributed by atoms with Crippen LogP contribution >= 0.6 is 0 Å². The van der Waals surface area contributed by atoms with Crippen molar-refractivity contribution < 1.29 is 0 Å². The van der Waals surface area contributed by atoms with Crippen molar-refractivity contribution in [3.8, 4) is 0 Å². The Morgan fingerprint density at radius 3 is 2.69 bits per heavy atom. The molecule has 1 aliphatic rings. The zero-order valence-electron chi connectivity index (χ0n) is 7.82. The van der Waals surface area contributed by atoms with Crippen LogP contribution in [0.5, 0.6) is 0 Å². The Hall–Kier alpha value is -0.860. The van der Waals surface area contributed by atoms with Gasteiger partial charge >= 0.3 is 0 Å². The van der Waals surface area contributed by atoms with E-state index in [1.165, 1.54) is 18.4 Å². The summed E-state index contributed by atoms with van der Waals surface area (Å²) in [7, 11) is 0. The van der Waals surface area contributed by atoms with Crippen molar-refractivity contribution >= 4 is 0 Å². The third-order valence-electron chi connectivity index (χ3n) is 2.74. The molecule has 1 aromatic rings. The third kappa shape index (κ3) is 2.08. The lowest BCUT2D eigenvalue weighted by molar-refractivity contribution is 0.260. The van der Waals surface area contributed by atoms with Gasteiger partial charge in [0.1, 0.15) is 0 Å². The number of nitrogens with two attached hydrogens (primary N) is 1. The molecule has 0 bridgehead atoms. The van der Waals surface area contributed by atoms with Crippen LogP contribution in [0.3, 0.4) is 0 Å². The Balaban J connectivity index is 1.98. The molecule has 0 aromatic heterocycles. The second-order valence-electron chi connectivity index (χ2n) is 3.72. The van der Waals surface area contributed by atoms with Gasteiger partial charge in [-0.2, -0.15) is 0 Å². The van der Waals surface area contributed by atoms with E-state index in [1.807, 2.05) is 5.01 Å². The Morgan fingerprint density at radius 2 is 2.08 bits per heavy atom. The van der Waals surface area contributed by atoms with Crippen molar-refractivity contribution in [2.45, 2.75) is 25.3 Å². The molecule has 1 aliphatic heterocycles. The van der Waals surface area contributed by atoms with Crippen LogP contribution in [0.15, 0.2) is 30.3 Å². The Bertz CT molecular complexity index is 258. The first-order chi connectivity index (χ1) is 6.36. The molecule has 2 heteroatoms. The van der Waals surface area contributed by atoms with Crippen molar-refractivity contribution in [1.29, 1.82) is 0 Å². The van der Waals surface area contributed by atoms with E-state index in [-0.39, 0.29) is 0 Å². The molecule has 1 aromatic carbocycles. The van der Waals surface area contributed by atoms with Gasteiger partial charge in [0.2, 0.25) is 0 Å². The number of rotatable bonds is 2. The van der Waals surface area contributed by atoms with Gasteiger partial charge in [-0.15, -0.1) is 0 Å². The van der Waals surface area contributed by atoms with Gasteiger partial charge < -0.3 is 0 Å². The van der Waals surface area contributed by atoms with E-state index >= 15 is 0 Å². The van der Waals surface area contributed by atoms with Gasteiger partial charge in [-0.05, 0) is 24.8 Å². The van der Waals surface area contributed by atoms with Crippen LogP contribution in [0.25, 0.3) is 0 Å². The summed E-state index contributed by atoms with van der Waals surface area (Å²) in [6.07, 6.45) is 3.58. The fourth-order valence-electron chi connectivity index (χ4n) is 1.96. The van der Waals surface area contributed by atoms with E-state index in [9.17, 15) is 0 Å². The van der Waals surface area contributed by atoms with E-state index in [2.05, 4.69) is 30.3 Å². The van der Waals surface area contributed by atoms with Crippen LogP contribution in [0, 0.1) is 0 Å². The van der Waals surface area contributed by atoms with E-state index in [0.717, 1.165) is 13.0 Å². The predicted octanol–water partition coefficient (Wildman–Crippen LogP) is 1.57. The minimum atomic E-state index is 0.558. The molecule has 0 amide bonds. The standard InChI is InChI=1S/C11H16N2/c12-13-8-4-7-11(13)9-10-5-2-1-3-6-10/h1-3,5-6,11H,4,7-9,12H2/t11-/m0/s1. The first-order valence-electron chi connectivity index (χ1n) is 4.91. The van der Waals surface area contributed by atoms with Crippen molar-refractivity contribution in [3.05, 3.63) is 35.9 Å². The molecule has 0 spiro atoms. The van der Waals surface area contributed by atoms with Gasteiger partial charge in [0.15, 0.2) is 0 Å². The summed E-state index contributed by atoms with van der Waals surface area (Å²) in [5, 5.41) is 1.98. The first-order valence-corrected chi connectivity index (χ1v) is 4.91. The zero-order valence-corrected chi connectivity index (χ0v) is 7.82. The minimum Gasteiger partial charge on any atom is -0.269 e. The summed E-state index contributed by atoms with van der Waals surface area (Å²) in [4.78, 5) is 0. The molecule has 0 saturated carbocycles. The molecular weight excluding hydrogens is 160 g/mol. The zero-order chi connectivity index (χ0) is 9.10. The number of benzene rings is 1. The minimum absolute atomic E-state index is 0.558. The highest BCUT2D eigenvalue weighted by atomic mass is 15.4. The highest BCUT2D eigenvalue weighted by Crippen LogP contribution is 2.17. The van der Waals surface area contributed by atoms with Gasteiger partial charge in [0.05, 0.1) is 0 Å². The van der Waals surface area contributed by atoms with Gasteiger partial charge in [-0.1, -0.05) is 30.3 Å². The second kappa shape index (κ2) is 3.90. The molecule has 1 atom stereocenters. The van der Waals surface area contributed by atoms with Crippen LogP contribution in [-0.2, 0) is 6.42 Å². The smallest absolute Gasteiger partial charge is 0.0282 e. The SMILES string of the molecule is NN1CCC[C@H]1Cc1ccccc1. The molecular formula is C11H16N2. The second-order valence-corrected chi connectivity index (χ2v) is 3.72. The normalized spacial score (nSPS) is 23.6. The average molecular weight is 176 g/mol. The van der Waals surface area contributed by atoms with Crippen LogP contribution in [0.1, 0.15) is 18.4 Å². The quantitative estimate of drug-likeness (QED) is 0.693. The summed E-state index contributed by atoms with van der Waals surface area (Å²) in [5.74, 6) is 5.86. The lowest BCUT2D eigenvalue weighted by atomic mass is 10.0. The van der Waals surface area contributed by atoms with Crippen molar-refractivity contribution in [2.24, 2.45) is 5.84 Å². The van der Waals surface area contributed by atoms with Crippen LogP contribution in [-0.4, -0.2) is 17.6 Å². The van der Waals surface area contributed by atoms with Crippen molar-refractivity contribution in [3.63, 3.8) is 0 Å². The Morgan fingerprint density at radius 1 is 1.31 bits per heavy atom. The largest absolute Gasteiger partial charge is 0.269 e. The summed E-state index contributed by atoms with van der Waals surface area (Å²) in [6, 6.07) is 11.1. The fraction of sp³-hybridized carbons (Fsp3) is 0.455. The highest BCUT2D eigenvalue weighted by molar-refractivity contribution is 5.16. The van der Waals surface area contributed by atoms with Crippen LogP contribution in [0.2, 0.25) is 0 Å². The number of nitrogens with zero attached hydrogens (tertiary/aromatic N) is 1. The van der Waals surface area contributed by atoms with Crippen LogP contribution in [0.4, 0.5) is 0 Å². The Kier molecular flexibility index (Phi) is 2.62. The molecule has 0 radical (unpaired) electrons. The number of hydrogen-bond donors (Lipinski definition) is 1. The fourth-order valence-corrected chi connectivity index (χ4v) is 1.96. The van der Waals surface area contributed by atoms with E-state index in [0.29, 0.717) is 6.04 Å². The van der Waals surface area contributed by atoms with E-state index in [4.69, 9.17) is 5.84 Å². The van der Waals surface area contributed by atoms with E-state index in [1.54, 1.807) is 0 Å². The summed E-state index contributed by atoms with van der Waals surface area (Å²) in [6.45, 7) is 1.05. The van der Waals surface area contributed by atoms with E-state index < -0.39 is 0 Å². The maximum absolute atomic E-state index is 5.86. The lowest BCUT2D eigenvalue weighted by Gasteiger charge is -2.18. The van der Waals surface area contributed by atoms with Gasteiger partial charge in [0.25, 0.3) is 0 Å². The Labute approximate surface area is 79.3 Å². The number of hydrazine groups is 1. The molecule has 2 N–H and O–H groups in total. The molecule has 2 nitrogen and oxygen atoms in total. The first kappa shape index (κ1) is 8.73. The summed E-state index contributed by atoms with van der Waals surface area (Å²) >= 11 is 0. The molecule has 2 rings (SSSR count).